The van der Waals surface area contributed by atoms with Gasteiger partial charge in [-0.05, 0) is 44.4 Å². The summed E-state index contributed by atoms with van der Waals surface area (Å²) in [6, 6.07) is 5.48. The maximum absolute atomic E-state index is 11.3. The Morgan fingerprint density at radius 2 is 2.18 bits per heavy atom. The predicted molar refractivity (Wildman–Crippen MR) is 65.4 cm³/mol. The van der Waals surface area contributed by atoms with Gasteiger partial charge in [-0.15, -0.1) is 0 Å². The molecule has 17 heavy (non-hydrogen) atoms. The van der Waals surface area contributed by atoms with Gasteiger partial charge in [-0.25, -0.2) is 0 Å². The van der Waals surface area contributed by atoms with Gasteiger partial charge in [-0.1, -0.05) is 0 Å². The lowest BCUT2D eigenvalue weighted by molar-refractivity contribution is -0.00934. The summed E-state index contributed by atoms with van der Waals surface area (Å²) in [6.07, 6.45) is 3.94. The minimum atomic E-state index is 0.0672. The van der Waals surface area contributed by atoms with Crippen molar-refractivity contribution in [1.82, 2.24) is 0 Å². The van der Waals surface area contributed by atoms with Gasteiger partial charge in [0.1, 0.15) is 5.75 Å². The first-order valence-electron chi connectivity index (χ1n) is 6.00. The van der Waals surface area contributed by atoms with E-state index >= 15 is 0 Å². The molecule has 0 heterocycles. The fraction of sp³-hybridized carbons (Fsp3) is 0.500. The van der Waals surface area contributed by atoms with E-state index in [1.54, 1.807) is 20.1 Å². The maximum atomic E-state index is 11.3. The van der Waals surface area contributed by atoms with Gasteiger partial charge >= 0.3 is 0 Å². The van der Waals surface area contributed by atoms with Gasteiger partial charge in [0.05, 0.1) is 19.8 Å². The first-order valence-corrected chi connectivity index (χ1v) is 6.00. The highest BCUT2D eigenvalue weighted by Crippen LogP contribution is 2.26. The third-order valence-electron chi connectivity index (χ3n) is 3.21. The molecule has 0 spiro atoms. The molecule has 1 aliphatic carbocycles. The van der Waals surface area contributed by atoms with E-state index in [-0.39, 0.29) is 5.78 Å². The third kappa shape index (κ3) is 2.86. The molecule has 92 valence electrons. The van der Waals surface area contributed by atoms with E-state index in [0.29, 0.717) is 18.3 Å². The molecule has 1 aliphatic rings. The molecule has 0 atom stereocenters. The van der Waals surface area contributed by atoms with Crippen molar-refractivity contribution in [1.29, 1.82) is 0 Å². The minimum absolute atomic E-state index is 0.0672. The molecule has 1 saturated carbocycles. The lowest BCUT2D eigenvalue weighted by Crippen LogP contribution is -2.21. The highest BCUT2D eigenvalue weighted by atomic mass is 16.5. The van der Waals surface area contributed by atoms with Crippen LogP contribution in [0.2, 0.25) is 0 Å². The number of hydrogen-bond donors (Lipinski definition) is 0. The minimum Gasteiger partial charge on any atom is -0.496 e. The Hall–Kier alpha value is -1.35. The molecule has 2 rings (SSSR count). The summed E-state index contributed by atoms with van der Waals surface area (Å²) in [5.74, 6) is 0.854. The molecule has 0 unspecified atom stereocenters. The van der Waals surface area contributed by atoms with Crippen molar-refractivity contribution in [3.8, 4) is 5.75 Å². The van der Waals surface area contributed by atoms with Crippen LogP contribution in [0.3, 0.4) is 0 Å². The molecule has 0 radical (unpaired) electrons. The quantitative estimate of drug-likeness (QED) is 0.735. The Labute approximate surface area is 102 Å². The van der Waals surface area contributed by atoms with Crippen molar-refractivity contribution >= 4 is 5.78 Å². The van der Waals surface area contributed by atoms with Crippen LogP contribution in [0.15, 0.2) is 18.2 Å². The largest absolute Gasteiger partial charge is 0.496 e. The monoisotopic (exact) mass is 234 g/mol. The number of carbonyl (C=O) groups excluding carboxylic acids is 1. The van der Waals surface area contributed by atoms with E-state index < -0.39 is 0 Å². The number of methoxy groups -OCH3 is 1. The molecule has 1 fully saturated rings. The Kier molecular flexibility index (Phi) is 3.79. The second-order valence-corrected chi connectivity index (χ2v) is 4.45. The van der Waals surface area contributed by atoms with Crippen LogP contribution in [0.4, 0.5) is 0 Å². The number of benzene rings is 1. The summed E-state index contributed by atoms with van der Waals surface area (Å²) in [4.78, 5) is 11.3. The van der Waals surface area contributed by atoms with Crippen LogP contribution in [0.5, 0.6) is 5.75 Å². The van der Waals surface area contributed by atoms with Crippen molar-refractivity contribution in [2.75, 3.05) is 7.11 Å². The lowest BCUT2D eigenvalue weighted by atomic mass is 9.96. The average molecular weight is 234 g/mol. The van der Waals surface area contributed by atoms with Crippen molar-refractivity contribution in [2.45, 2.75) is 38.9 Å². The summed E-state index contributed by atoms with van der Waals surface area (Å²) in [6.45, 7) is 2.09. The van der Waals surface area contributed by atoms with E-state index in [1.807, 2.05) is 12.1 Å². The van der Waals surface area contributed by atoms with E-state index in [9.17, 15) is 4.79 Å². The van der Waals surface area contributed by atoms with Gasteiger partial charge in [0, 0.05) is 11.1 Å². The van der Waals surface area contributed by atoms with Crippen molar-refractivity contribution < 1.29 is 14.3 Å². The molecule has 3 heteroatoms. The number of Topliss-reactive ketones (excluding diaryl/α,β-unsaturated/α-hetero) is 1. The average Bonchev–Trinajstić information content (AvgIpc) is 2.26. The number of ether oxygens (including phenoxy) is 2. The van der Waals surface area contributed by atoms with E-state index in [4.69, 9.17) is 9.47 Å². The number of hydrogen-bond acceptors (Lipinski definition) is 3. The van der Waals surface area contributed by atoms with Crippen LogP contribution in [-0.2, 0) is 11.3 Å². The number of ketones is 1. The molecule has 0 amide bonds. The Bertz CT molecular complexity index is 408. The highest BCUT2D eigenvalue weighted by Gasteiger charge is 2.18. The molecule has 0 N–H and O–H groups in total. The zero-order valence-corrected chi connectivity index (χ0v) is 10.4. The van der Waals surface area contributed by atoms with E-state index in [1.165, 1.54) is 6.42 Å². The van der Waals surface area contributed by atoms with Crippen LogP contribution < -0.4 is 4.74 Å². The van der Waals surface area contributed by atoms with Crippen LogP contribution in [-0.4, -0.2) is 19.0 Å². The molecule has 0 aliphatic heterocycles. The predicted octanol–water partition coefficient (Wildman–Crippen LogP) is 2.97. The van der Waals surface area contributed by atoms with Crippen molar-refractivity contribution in [3.63, 3.8) is 0 Å². The number of carbonyl (C=O) groups is 1. The van der Waals surface area contributed by atoms with Crippen LogP contribution in [0.25, 0.3) is 0 Å². The number of rotatable bonds is 5. The van der Waals surface area contributed by atoms with E-state index in [0.717, 1.165) is 24.2 Å². The highest BCUT2D eigenvalue weighted by molar-refractivity contribution is 5.94. The third-order valence-corrected chi connectivity index (χ3v) is 3.21. The van der Waals surface area contributed by atoms with Gasteiger partial charge in [0.25, 0.3) is 0 Å². The zero-order valence-electron chi connectivity index (χ0n) is 10.4. The molecule has 0 bridgehead atoms. The summed E-state index contributed by atoms with van der Waals surface area (Å²) in [7, 11) is 1.63. The van der Waals surface area contributed by atoms with Gasteiger partial charge < -0.3 is 9.47 Å². The topological polar surface area (TPSA) is 35.5 Å². The lowest BCUT2D eigenvalue weighted by Gasteiger charge is -2.25. The molecule has 0 aromatic heterocycles. The van der Waals surface area contributed by atoms with Crippen molar-refractivity contribution in [2.24, 2.45) is 0 Å². The normalized spacial score (nSPS) is 15.4. The fourth-order valence-electron chi connectivity index (χ4n) is 1.86. The van der Waals surface area contributed by atoms with Crippen LogP contribution >= 0.6 is 0 Å². The van der Waals surface area contributed by atoms with Gasteiger partial charge in [0.15, 0.2) is 5.78 Å². The first kappa shape index (κ1) is 12.1. The molecular weight excluding hydrogens is 216 g/mol. The van der Waals surface area contributed by atoms with Crippen LogP contribution in [0, 0.1) is 0 Å². The summed E-state index contributed by atoms with van der Waals surface area (Å²) >= 11 is 0. The summed E-state index contributed by atoms with van der Waals surface area (Å²) in [5.41, 5.74) is 1.66. The van der Waals surface area contributed by atoms with Gasteiger partial charge in [-0.3, -0.25) is 4.79 Å². The summed E-state index contributed by atoms with van der Waals surface area (Å²) < 4.78 is 11.0. The SMILES string of the molecule is COc1ccc(C(C)=O)cc1COC1CCC1. The second-order valence-electron chi connectivity index (χ2n) is 4.45. The van der Waals surface area contributed by atoms with E-state index in [2.05, 4.69) is 0 Å². The Morgan fingerprint density at radius 3 is 2.71 bits per heavy atom. The molecule has 0 saturated heterocycles. The van der Waals surface area contributed by atoms with Gasteiger partial charge in [-0.2, -0.15) is 0 Å². The van der Waals surface area contributed by atoms with Crippen molar-refractivity contribution in [3.05, 3.63) is 29.3 Å². The second kappa shape index (κ2) is 5.32. The smallest absolute Gasteiger partial charge is 0.159 e. The molecular formula is C14H18O3. The Balaban J connectivity index is 2.10. The molecule has 1 aromatic rings. The molecule has 1 aromatic carbocycles. The maximum Gasteiger partial charge on any atom is 0.159 e. The fourth-order valence-corrected chi connectivity index (χ4v) is 1.86. The summed E-state index contributed by atoms with van der Waals surface area (Å²) in [5, 5.41) is 0. The standard InChI is InChI=1S/C14H18O3/c1-10(15)11-6-7-14(16-2)12(8-11)9-17-13-4-3-5-13/h6-8,13H,3-5,9H2,1-2H3. The first-order chi connectivity index (χ1) is 8.20. The zero-order chi connectivity index (χ0) is 12.3. The van der Waals surface area contributed by atoms with Crippen LogP contribution in [0.1, 0.15) is 42.1 Å². The Morgan fingerprint density at radius 1 is 1.41 bits per heavy atom. The van der Waals surface area contributed by atoms with Gasteiger partial charge in [0.2, 0.25) is 0 Å². The molecule has 3 nitrogen and oxygen atoms in total.